The van der Waals surface area contributed by atoms with Crippen molar-refractivity contribution in [1.82, 2.24) is 0 Å². The number of rotatable bonds is 1. The lowest BCUT2D eigenvalue weighted by atomic mass is 9.65. The molecule has 192 valence electrons. The van der Waals surface area contributed by atoms with E-state index in [0.29, 0.717) is 0 Å². The van der Waals surface area contributed by atoms with Crippen LogP contribution in [0.2, 0.25) is 0 Å². The van der Waals surface area contributed by atoms with Gasteiger partial charge in [-0.2, -0.15) is 0 Å². The van der Waals surface area contributed by atoms with Gasteiger partial charge in [0.25, 0.3) is 0 Å². The summed E-state index contributed by atoms with van der Waals surface area (Å²) in [5, 5.41) is 5.06. The first-order valence-corrected chi connectivity index (χ1v) is 14.3. The Kier molecular flexibility index (Phi) is 4.52. The maximum Gasteiger partial charge on any atom is 0.140 e. The SMILES string of the molecule is Cc1ccc2c(c1-c1ccc3c(ccc4ccccc43)c1)Oc1ccccc1C21c2ccccc2-c2ccccc21. The Hall–Kier alpha value is -5.14. The van der Waals surface area contributed by atoms with Gasteiger partial charge in [0.05, 0.1) is 5.41 Å². The molecule has 0 radical (unpaired) electrons. The molecule has 1 heteroatoms. The van der Waals surface area contributed by atoms with E-state index < -0.39 is 5.41 Å². The molecule has 2 aliphatic rings. The summed E-state index contributed by atoms with van der Waals surface area (Å²) in [5.74, 6) is 1.88. The van der Waals surface area contributed by atoms with Crippen LogP contribution < -0.4 is 4.74 Å². The third-order valence-electron chi connectivity index (χ3n) is 9.26. The highest BCUT2D eigenvalue weighted by Crippen LogP contribution is 2.63. The number of benzene rings is 7. The highest BCUT2D eigenvalue weighted by Gasteiger charge is 2.51. The van der Waals surface area contributed by atoms with E-state index in [2.05, 4.69) is 146 Å². The third-order valence-corrected chi connectivity index (χ3v) is 9.26. The Morgan fingerprint density at radius 2 is 1.12 bits per heavy atom. The summed E-state index contributed by atoms with van der Waals surface area (Å²) in [7, 11) is 0. The molecule has 0 saturated carbocycles. The molecule has 0 amide bonds. The number of fused-ring (bicyclic) bond motifs is 12. The van der Waals surface area contributed by atoms with Crippen LogP contribution in [0.3, 0.4) is 0 Å². The zero-order valence-corrected chi connectivity index (χ0v) is 22.7. The molecule has 0 atom stereocenters. The van der Waals surface area contributed by atoms with Gasteiger partial charge in [-0.15, -0.1) is 0 Å². The van der Waals surface area contributed by atoms with Gasteiger partial charge in [-0.25, -0.2) is 0 Å². The van der Waals surface area contributed by atoms with Crippen molar-refractivity contribution in [2.75, 3.05) is 0 Å². The predicted octanol–water partition coefficient (Wildman–Crippen LogP) is 10.4. The van der Waals surface area contributed by atoms with Gasteiger partial charge in [0.2, 0.25) is 0 Å². The highest BCUT2D eigenvalue weighted by atomic mass is 16.5. The van der Waals surface area contributed by atoms with Gasteiger partial charge in [-0.3, -0.25) is 0 Å². The Morgan fingerprint density at radius 3 is 1.93 bits per heavy atom. The molecule has 41 heavy (non-hydrogen) atoms. The highest BCUT2D eigenvalue weighted by molar-refractivity contribution is 6.08. The van der Waals surface area contributed by atoms with Crippen LogP contribution in [-0.2, 0) is 5.41 Å². The standard InChI is InChI=1S/C40H26O/c1-25-18-23-36-39(38(25)28-21-22-30-27(24-28)20-19-26-10-2-3-11-29(26)30)41-37-17-9-8-16-35(37)40(36)33-14-6-4-12-31(33)32-13-5-7-15-34(32)40/h2-24H,1H3. The fraction of sp³-hybridized carbons (Fsp3) is 0.0500. The largest absolute Gasteiger partial charge is 0.456 e. The van der Waals surface area contributed by atoms with E-state index in [9.17, 15) is 0 Å². The van der Waals surface area contributed by atoms with E-state index in [1.54, 1.807) is 0 Å². The Morgan fingerprint density at radius 1 is 0.488 bits per heavy atom. The molecule has 9 rings (SSSR count). The van der Waals surface area contributed by atoms with E-state index in [1.165, 1.54) is 66.1 Å². The maximum absolute atomic E-state index is 6.94. The van der Waals surface area contributed by atoms with Gasteiger partial charge in [0.15, 0.2) is 0 Å². The number of ether oxygens (including phenoxy) is 1. The predicted molar refractivity (Wildman–Crippen MR) is 169 cm³/mol. The number of aryl methyl sites for hydroxylation is 1. The molecule has 7 aromatic rings. The molecule has 1 aliphatic carbocycles. The quantitative estimate of drug-likeness (QED) is 0.195. The van der Waals surface area contributed by atoms with Gasteiger partial charge in [-0.1, -0.05) is 127 Å². The molecule has 7 aromatic carbocycles. The monoisotopic (exact) mass is 522 g/mol. The summed E-state index contributed by atoms with van der Waals surface area (Å²) in [6.07, 6.45) is 0. The molecule has 0 fully saturated rings. The van der Waals surface area contributed by atoms with Crippen LogP contribution in [0.4, 0.5) is 0 Å². The van der Waals surface area contributed by atoms with Crippen LogP contribution in [0.15, 0.2) is 140 Å². The van der Waals surface area contributed by atoms with Crippen molar-refractivity contribution in [3.05, 3.63) is 167 Å². The van der Waals surface area contributed by atoms with Crippen molar-refractivity contribution in [2.24, 2.45) is 0 Å². The van der Waals surface area contributed by atoms with Crippen molar-refractivity contribution in [3.8, 4) is 33.8 Å². The molecular formula is C40H26O. The number of para-hydroxylation sites is 1. The van der Waals surface area contributed by atoms with E-state index >= 15 is 0 Å². The van der Waals surface area contributed by atoms with Gasteiger partial charge < -0.3 is 4.74 Å². The van der Waals surface area contributed by atoms with E-state index in [4.69, 9.17) is 4.74 Å². The Bertz CT molecular complexity index is 2160. The molecule has 1 aliphatic heterocycles. The summed E-state index contributed by atoms with van der Waals surface area (Å²) < 4.78 is 6.94. The second kappa shape index (κ2) is 8.19. The topological polar surface area (TPSA) is 9.23 Å². The summed E-state index contributed by atoms with van der Waals surface area (Å²) in [5.41, 5.74) is 10.7. The molecule has 0 bridgehead atoms. The van der Waals surface area contributed by atoms with Gasteiger partial charge >= 0.3 is 0 Å². The lowest BCUT2D eigenvalue weighted by Crippen LogP contribution is -2.32. The zero-order chi connectivity index (χ0) is 27.1. The fourth-order valence-corrected chi connectivity index (χ4v) is 7.55. The fourth-order valence-electron chi connectivity index (χ4n) is 7.55. The molecule has 1 nitrogen and oxygen atoms in total. The van der Waals surface area contributed by atoms with Crippen molar-refractivity contribution < 1.29 is 4.74 Å². The summed E-state index contributed by atoms with van der Waals surface area (Å²) in [4.78, 5) is 0. The smallest absolute Gasteiger partial charge is 0.140 e. The van der Waals surface area contributed by atoms with Gasteiger partial charge in [0.1, 0.15) is 11.5 Å². The number of hydrogen-bond acceptors (Lipinski definition) is 1. The number of hydrogen-bond donors (Lipinski definition) is 0. The zero-order valence-electron chi connectivity index (χ0n) is 22.7. The summed E-state index contributed by atoms with van der Waals surface area (Å²) >= 11 is 0. The average molecular weight is 523 g/mol. The molecule has 1 heterocycles. The lowest BCUT2D eigenvalue weighted by Gasteiger charge is -2.40. The van der Waals surface area contributed by atoms with Gasteiger partial charge in [0, 0.05) is 16.7 Å². The van der Waals surface area contributed by atoms with Crippen LogP contribution in [-0.4, -0.2) is 0 Å². The minimum absolute atomic E-state index is 0.452. The second-order valence-corrected chi connectivity index (χ2v) is 11.3. The van der Waals surface area contributed by atoms with Gasteiger partial charge in [-0.05, 0) is 74.0 Å². The summed E-state index contributed by atoms with van der Waals surface area (Å²) in [6.45, 7) is 2.20. The normalized spacial score (nSPS) is 13.9. The van der Waals surface area contributed by atoms with Crippen LogP contribution in [0.1, 0.15) is 27.8 Å². The Balaban J connectivity index is 1.38. The third kappa shape index (κ3) is 2.90. The lowest BCUT2D eigenvalue weighted by molar-refractivity contribution is 0.437. The van der Waals surface area contributed by atoms with Crippen molar-refractivity contribution in [3.63, 3.8) is 0 Å². The average Bonchev–Trinajstić information content (AvgIpc) is 3.32. The second-order valence-electron chi connectivity index (χ2n) is 11.3. The minimum Gasteiger partial charge on any atom is -0.456 e. The van der Waals surface area contributed by atoms with E-state index in [-0.39, 0.29) is 0 Å². The maximum atomic E-state index is 6.94. The first-order chi connectivity index (χ1) is 20.2. The minimum atomic E-state index is -0.452. The van der Waals surface area contributed by atoms with Crippen LogP contribution in [0.25, 0.3) is 43.8 Å². The van der Waals surface area contributed by atoms with Crippen LogP contribution in [0.5, 0.6) is 11.5 Å². The van der Waals surface area contributed by atoms with E-state index in [1.807, 2.05) is 0 Å². The van der Waals surface area contributed by atoms with Crippen molar-refractivity contribution in [1.29, 1.82) is 0 Å². The summed E-state index contributed by atoms with van der Waals surface area (Å²) in [6, 6.07) is 50.9. The first-order valence-electron chi connectivity index (χ1n) is 14.3. The molecule has 1 spiro atoms. The van der Waals surface area contributed by atoms with Crippen molar-refractivity contribution >= 4 is 21.5 Å². The molecule has 0 saturated heterocycles. The Labute approximate surface area is 239 Å². The molecule has 0 aromatic heterocycles. The molecule has 0 unspecified atom stereocenters. The van der Waals surface area contributed by atoms with E-state index in [0.717, 1.165) is 17.1 Å². The van der Waals surface area contributed by atoms with Crippen LogP contribution in [0, 0.1) is 6.92 Å². The molecule has 0 N–H and O–H groups in total. The van der Waals surface area contributed by atoms with Crippen LogP contribution >= 0.6 is 0 Å². The van der Waals surface area contributed by atoms with Crippen molar-refractivity contribution in [2.45, 2.75) is 12.3 Å². The molecular weight excluding hydrogens is 496 g/mol. The first kappa shape index (κ1) is 22.7.